The molecule has 1 aliphatic rings. The van der Waals surface area contributed by atoms with Gasteiger partial charge >= 0.3 is 5.97 Å². The van der Waals surface area contributed by atoms with E-state index in [1.807, 2.05) is 36.4 Å². The first kappa shape index (κ1) is 13.5. The lowest BCUT2D eigenvalue weighted by Gasteiger charge is -2.26. The average Bonchev–Trinajstić information content (AvgIpc) is 2.52. The Kier molecular flexibility index (Phi) is 3.29. The van der Waals surface area contributed by atoms with Crippen molar-refractivity contribution >= 4 is 5.97 Å². The minimum absolute atomic E-state index is 0.460. The Labute approximate surface area is 122 Å². The molecule has 0 saturated carbocycles. The molecule has 108 valence electrons. The molecule has 0 saturated heterocycles. The van der Waals surface area contributed by atoms with Crippen molar-refractivity contribution in [1.29, 1.82) is 0 Å². The molecule has 1 aliphatic carbocycles. The van der Waals surface area contributed by atoms with E-state index in [4.69, 9.17) is 9.47 Å². The predicted molar refractivity (Wildman–Crippen MR) is 79.1 cm³/mol. The molecule has 1 N–H and O–H groups in total. The van der Waals surface area contributed by atoms with E-state index in [2.05, 4.69) is 0 Å². The van der Waals surface area contributed by atoms with Crippen LogP contribution in [0.4, 0.5) is 0 Å². The summed E-state index contributed by atoms with van der Waals surface area (Å²) in [4.78, 5) is 11.5. The van der Waals surface area contributed by atoms with Crippen LogP contribution in [0.2, 0.25) is 0 Å². The Morgan fingerprint density at radius 1 is 1.10 bits per heavy atom. The van der Waals surface area contributed by atoms with Gasteiger partial charge in [0.05, 0.1) is 20.1 Å². The van der Waals surface area contributed by atoms with E-state index in [0.717, 1.165) is 22.3 Å². The molecule has 3 rings (SSSR count). The van der Waals surface area contributed by atoms with Crippen molar-refractivity contribution in [3.05, 3.63) is 47.5 Å². The highest BCUT2D eigenvalue weighted by Gasteiger charge is 2.30. The van der Waals surface area contributed by atoms with Crippen molar-refractivity contribution in [1.82, 2.24) is 0 Å². The lowest BCUT2D eigenvalue weighted by Crippen LogP contribution is -2.19. The van der Waals surface area contributed by atoms with Crippen LogP contribution >= 0.6 is 0 Å². The van der Waals surface area contributed by atoms with Crippen molar-refractivity contribution in [2.24, 2.45) is 0 Å². The van der Waals surface area contributed by atoms with Crippen LogP contribution in [-0.2, 0) is 11.2 Å². The van der Waals surface area contributed by atoms with Crippen molar-refractivity contribution in [2.75, 3.05) is 14.2 Å². The van der Waals surface area contributed by atoms with Gasteiger partial charge < -0.3 is 14.6 Å². The smallest absolute Gasteiger partial charge is 0.311 e. The van der Waals surface area contributed by atoms with Crippen LogP contribution in [-0.4, -0.2) is 25.3 Å². The van der Waals surface area contributed by atoms with Gasteiger partial charge in [-0.25, -0.2) is 0 Å². The zero-order chi connectivity index (χ0) is 15.0. The van der Waals surface area contributed by atoms with E-state index in [1.54, 1.807) is 14.2 Å². The van der Waals surface area contributed by atoms with E-state index in [0.29, 0.717) is 17.9 Å². The molecular weight excluding hydrogens is 268 g/mol. The molecule has 21 heavy (non-hydrogen) atoms. The molecule has 0 unspecified atom stereocenters. The SMILES string of the molecule is COc1cc2c(cc1OC)-c1ccccc1[C@@H](C(=O)O)C2. The van der Waals surface area contributed by atoms with Gasteiger partial charge in [-0.3, -0.25) is 4.79 Å². The number of benzene rings is 2. The van der Waals surface area contributed by atoms with Crippen molar-refractivity contribution in [3.63, 3.8) is 0 Å². The number of carbonyl (C=O) groups is 1. The Balaban J connectivity index is 2.24. The van der Waals surface area contributed by atoms with E-state index in [9.17, 15) is 9.90 Å². The predicted octanol–water partition coefficient (Wildman–Crippen LogP) is 3.10. The minimum atomic E-state index is -0.803. The molecule has 2 aromatic rings. The summed E-state index contributed by atoms with van der Waals surface area (Å²) >= 11 is 0. The van der Waals surface area contributed by atoms with E-state index < -0.39 is 11.9 Å². The maximum Gasteiger partial charge on any atom is 0.311 e. The number of hydrogen-bond donors (Lipinski definition) is 1. The van der Waals surface area contributed by atoms with E-state index in [-0.39, 0.29) is 0 Å². The van der Waals surface area contributed by atoms with Gasteiger partial charge in [0.2, 0.25) is 0 Å². The lowest BCUT2D eigenvalue weighted by atomic mass is 9.78. The molecule has 4 nitrogen and oxygen atoms in total. The first-order chi connectivity index (χ1) is 10.2. The third-order valence-electron chi connectivity index (χ3n) is 3.96. The topological polar surface area (TPSA) is 55.8 Å². The number of aliphatic carboxylic acids is 1. The summed E-state index contributed by atoms with van der Waals surface area (Å²) in [5.74, 6) is -0.0470. The van der Waals surface area contributed by atoms with Crippen molar-refractivity contribution < 1.29 is 19.4 Å². The van der Waals surface area contributed by atoms with Gasteiger partial charge in [0, 0.05) is 0 Å². The molecule has 4 heteroatoms. The normalized spacial score (nSPS) is 15.8. The summed E-state index contributed by atoms with van der Waals surface area (Å²) in [7, 11) is 3.18. The fraction of sp³-hybridized carbons (Fsp3) is 0.235. The second kappa shape index (κ2) is 5.13. The van der Waals surface area contributed by atoms with Gasteiger partial charge in [-0.2, -0.15) is 0 Å². The highest BCUT2D eigenvalue weighted by atomic mass is 16.5. The van der Waals surface area contributed by atoms with Crippen LogP contribution in [0.25, 0.3) is 11.1 Å². The monoisotopic (exact) mass is 284 g/mol. The standard InChI is InChI=1S/C17H16O4/c1-20-15-8-10-7-14(17(18)19)12-6-4-3-5-11(12)13(10)9-16(15)21-2/h3-6,8-9,14H,7H2,1-2H3,(H,18,19)/t14-/m0/s1. The Morgan fingerprint density at radius 3 is 2.43 bits per heavy atom. The number of carboxylic acids is 1. The molecule has 0 spiro atoms. The Bertz CT molecular complexity index is 706. The second-order valence-electron chi connectivity index (χ2n) is 5.05. The Hall–Kier alpha value is -2.49. The van der Waals surface area contributed by atoms with E-state index in [1.165, 1.54) is 0 Å². The van der Waals surface area contributed by atoms with Crippen molar-refractivity contribution in [2.45, 2.75) is 12.3 Å². The van der Waals surface area contributed by atoms with Crippen LogP contribution < -0.4 is 9.47 Å². The number of ether oxygens (including phenoxy) is 2. The summed E-state index contributed by atoms with van der Waals surface area (Å²) in [6.45, 7) is 0. The van der Waals surface area contributed by atoms with Gasteiger partial charge in [-0.15, -0.1) is 0 Å². The maximum absolute atomic E-state index is 11.5. The zero-order valence-electron chi connectivity index (χ0n) is 11.9. The summed E-state index contributed by atoms with van der Waals surface area (Å²) in [6.07, 6.45) is 0.460. The lowest BCUT2D eigenvalue weighted by molar-refractivity contribution is -0.138. The maximum atomic E-state index is 11.5. The molecule has 0 aromatic heterocycles. The second-order valence-corrected chi connectivity index (χ2v) is 5.05. The van der Waals surface area contributed by atoms with Gasteiger partial charge in [-0.1, -0.05) is 24.3 Å². The van der Waals surface area contributed by atoms with Crippen LogP contribution in [0.5, 0.6) is 11.5 Å². The highest BCUT2D eigenvalue weighted by Crippen LogP contribution is 2.44. The highest BCUT2D eigenvalue weighted by molar-refractivity contribution is 5.86. The number of fused-ring (bicyclic) bond motifs is 3. The number of methoxy groups -OCH3 is 2. The van der Waals surface area contributed by atoms with Gasteiger partial charge in [0.1, 0.15) is 0 Å². The number of carboxylic acid groups (broad SMARTS) is 1. The fourth-order valence-corrected chi connectivity index (χ4v) is 2.94. The first-order valence-electron chi connectivity index (χ1n) is 6.72. The summed E-state index contributed by atoms with van der Waals surface area (Å²) in [5, 5.41) is 9.48. The largest absolute Gasteiger partial charge is 0.493 e. The van der Waals surface area contributed by atoms with Crippen molar-refractivity contribution in [3.8, 4) is 22.6 Å². The molecule has 0 aliphatic heterocycles. The third-order valence-corrected chi connectivity index (χ3v) is 3.96. The fourth-order valence-electron chi connectivity index (χ4n) is 2.94. The minimum Gasteiger partial charge on any atom is -0.493 e. The molecule has 0 radical (unpaired) electrons. The molecule has 0 amide bonds. The van der Waals surface area contributed by atoms with Crippen LogP contribution in [0.3, 0.4) is 0 Å². The quantitative estimate of drug-likeness (QED) is 0.941. The number of hydrogen-bond acceptors (Lipinski definition) is 3. The van der Waals surface area contributed by atoms with E-state index >= 15 is 0 Å². The first-order valence-corrected chi connectivity index (χ1v) is 6.72. The molecule has 0 bridgehead atoms. The molecule has 0 heterocycles. The summed E-state index contributed by atoms with van der Waals surface area (Å²) in [6, 6.07) is 11.4. The zero-order valence-corrected chi connectivity index (χ0v) is 11.9. The summed E-state index contributed by atoms with van der Waals surface area (Å²) < 4.78 is 10.7. The molecule has 0 fully saturated rings. The third kappa shape index (κ3) is 2.13. The van der Waals surface area contributed by atoms with Crippen LogP contribution in [0, 0.1) is 0 Å². The molecule has 1 atom stereocenters. The molecule has 2 aromatic carbocycles. The van der Waals surface area contributed by atoms with Crippen LogP contribution in [0.1, 0.15) is 17.0 Å². The Morgan fingerprint density at radius 2 is 1.76 bits per heavy atom. The van der Waals surface area contributed by atoms with Gasteiger partial charge in [-0.05, 0) is 40.8 Å². The number of rotatable bonds is 3. The van der Waals surface area contributed by atoms with Gasteiger partial charge in [0.25, 0.3) is 0 Å². The summed E-state index contributed by atoms with van der Waals surface area (Å²) in [5.41, 5.74) is 3.79. The van der Waals surface area contributed by atoms with Crippen LogP contribution in [0.15, 0.2) is 36.4 Å². The average molecular weight is 284 g/mol. The van der Waals surface area contributed by atoms with Gasteiger partial charge in [0.15, 0.2) is 11.5 Å². The molecular formula is C17H16O4.